The Morgan fingerprint density at radius 2 is 0.810 bits per heavy atom. The molecule has 2 fully saturated rings. The Labute approximate surface area is 470 Å². The van der Waals surface area contributed by atoms with Crippen molar-refractivity contribution in [2.75, 3.05) is 24.7 Å². The van der Waals surface area contributed by atoms with Crippen LogP contribution in [0.1, 0.15) is 85.4 Å². The van der Waals surface area contributed by atoms with Crippen molar-refractivity contribution in [3.05, 3.63) is 81.3 Å². The van der Waals surface area contributed by atoms with Crippen molar-refractivity contribution >= 4 is 108 Å². The van der Waals surface area contributed by atoms with Crippen LogP contribution >= 0.6 is 48.0 Å². The minimum Gasteiger partial charge on any atom is -0.463 e. The first kappa shape index (κ1) is 61.1. The summed E-state index contributed by atoms with van der Waals surface area (Å²) in [6.07, 6.45) is -11.0. The summed E-state index contributed by atoms with van der Waals surface area (Å²) in [4.78, 5) is 99.5. The number of hydrogen-bond donors (Lipinski definition) is 0. The van der Waals surface area contributed by atoms with Crippen molar-refractivity contribution in [2.24, 2.45) is 10.2 Å². The number of ether oxygens (including phenoxy) is 10. The van der Waals surface area contributed by atoms with E-state index < -0.39 is 122 Å². The van der Waals surface area contributed by atoms with E-state index in [0.29, 0.717) is 29.1 Å². The first-order chi connectivity index (χ1) is 37.6. The number of esters is 8. The molecule has 0 spiro atoms. The molecule has 0 radical (unpaired) electrons. The molecule has 2 aliphatic rings. The standard InChI is InChI=1S/C49H56N8O18S4/c1-26(58)66-24-36-38(68-28(3)60)40(70-30(5)62)42(72-32(7)64)44(74-36)54-48(76)56(50-22-34-16-11-9-12-17-34)46(52-54)78-20-15-21-79-47-53-55(49(77)57(47)51-23-35-18-13-10-14-19-35)45-43(73-33(8)65)41(71-31(6)63)39(69-29(4)61)37(75-45)25-67-27(2)59/h9-14,16-19,22-23,36-45H,15,20-21,24-25H2,1-8H3/b50-22+,51-23+/t36-,37-,38-,39-,40+,41+,42-,43-,44-,45-/m1/s1. The summed E-state index contributed by atoms with van der Waals surface area (Å²) in [5.41, 5.74) is 1.40. The molecule has 6 rings (SSSR count). The molecule has 0 N–H and O–H groups in total. The third-order valence-electron chi connectivity index (χ3n) is 10.9. The predicted molar refractivity (Wildman–Crippen MR) is 281 cm³/mol. The highest BCUT2D eigenvalue weighted by Gasteiger charge is 2.55. The van der Waals surface area contributed by atoms with Crippen LogP contribution in [0.25, 0.3) is 0 Å². The van der Waals surface area contributed by atoms with Crippen LogP contribution in [0.2, 0.25) is 0 Å². The summed E-state index contributed by atoms with van der Waals surface area (Å²) < 4.78 is 62.1. The summed E-state index contributed by atoms with van der Waals surface area (Å²) in [5.74, 6) is -5.63. The van der Waals surface area contributed by atoms with Gasteiger partial charge >= 0.3 is 47.8 Å². The number of nitrogens with zero attached hydrogens (tertiary/aromatic N) is 8. The van der Waals surface area contributed by atoms with Crippen LogP contribution in [-0.4, -0.2) is 163 Å². The zero-order valence-corrected chi connectivity index (χ0v) is 47.1. The van der Waals surface area contributed by atoms with Crippen LogP contribution in [0.3, 0.4) is 0 Å². The van der Waals surface area contributed by atoms with Crippen molar-refractivity contribution in [1.29, 1.82) is 0 Å². The number of aromatic nitrogens is 6. The maximum absolute atomic E-state index is 12.7. The molecule has 30 heteroatoms. The average molecular weight is 1170 g/mol. The SMILES string of the molecule is CC(=O)OC[C@H]1O[C@@H](n2nc(SCCCSc3nn([C@@H]4O[C@H](COC(C)=O)[C@@H](OC(C)=O)[C@H](OC(C)=O)[C@H]4OC(C)=O)c(=S)n3/N=C/c3ccccc3)n(/N=C/c3ccccc3)c2=S)[C@H](OC(C)=O)[C@@H](OC(C)=O)[C@@H]1OC(C)=O. The number of rotatable bonds is 22. The minimum absolute atomic E-state index is 0.0759. The third kappa shape index (κ3) is 16.9. The van der Waals surface area contributed by atoms with Gasteiger partial charge in [-0.3, -0.25) is 38.4 Å². The Kier molecular flexibility index (Phi) is 22.2. The monoisotopic (exact) mass is 1170 g/mol. The van der Waals surface area contributed by atoms with Crippen LogP contribution in [0.15, 0.2) is 81.2 Å². The Morgan fingerprint density at radius 1 is 0.494 bits per heavy atom. The van der Waals surface area contributed by atoms with E-state index in [1.54, 1.807) is 0 Å². The second-order valence-corrected chi connectivity index (χ2v) is 20.0. The van der Waals surface area contributed by atoms with Gasteiger partial charge in [0.25, 0.3) is 0 Å². The first-order valence-corrected chi connectivity index (χ1v) is 26.9. The molecule has 2 aliphatic heterocycles. The minimum atomic E-state index is -1.53. The topological polar surface area (TPSA) is 299 Å². The van der Waals surface area contributed by atoms with Gasteiger partial charge in [-0.15, -0.1) is 10.2 Å². The van der Waals surface area contributed by atoms with E-state index in [1.807, 2.05) is 60.7 Å². The number of thioether (sulfide) groups is 2. The second kappa shape index (κ2) is 28.7. The van der Waals surface area contributed by atoms with Crippen molar-refractivity contribution in [3.63, 3.8) is 0 Å². The van der Waals surface area contributed by atoms with E-state index in [0.717, 1.165) is 55.4 Å². The Balaban J connectivity index is 1.35. The molecular formula is C49H56N8O18S4. The fraction of sp³-hybridized carbons (Fsp3) is 0.469. The van der Waals surface area contributed by atoms with E-state index >= 15 is 0 Å². The summed E-state index contributed by atoms with van der Waals surface area (Å²) >= 11 is 14.4. The first-order valence-electron chi connectivity index (χ1n) is 24.1. The van der Waals surface area contributed by atoms with Crippen LogP contribution in [0, 0.1) is 9.54 Å². The fourth-order valence-corrected chi connectivity index (χ4v) is 10.5. The smallest absolute Gasteiger partial charge is 0.303 e. The number of carbonyl (C=O) groups is 8. The zero-order valence-electron chi connectivity index (χ0n) is 43.8. The molecule has 0 saturated carbocycles. The fourth-order valence-electron chi connectivity index (χ4n) is 7.94. The molecular weight excluding hydrogens is 1120 g/mol. The van der Waals surface area contributed by atoms with E-state index in [-0.39, 0.29) is 19.9 Å². The van der Waals surface area contributed by atoms with Gasteiger partial charge < -0.3 is 47.4 Å². The summed E-state index contributed by atoms with van der Waals surface area (Å²) in [7, 11) is 0. The molecule has 4 aromatic rings. The van der Waals surface area contributed by atoms with E-state index in [2.05, 4.69) is 10.2 Å². The van der Waals surface area contributed by atoms with Crippen LogP contribution in [-0.2, 0) is 85.7 Å². The van der Waals surface area contributed by atoms with Gasteiger partial charge in [-0.05, 0) is 42.0 Å². The quantitative estimate of drug-likeness (QED) is 0.0257. The van der Waals surface area contributed by atoms with Gasteiger partial charge in [-0.2, -0.15) is 19.6 Å². The van der Waals surface area contributed by atoms with Crippen LogP contribution in [0.4, 0.5) is 0 Å². The van der Waals surface area contributed by atoms with Gasteiger partial charge in [0.1, 0.15) is 25.4 Å². The molecule has 79 heavy (non-hydrogen) atoms. The van der Waals surface area contributed by atoms with E-state index in [1.165, 1.54) is 54.7 Å². The lowest BCUT2D eigenvalue weighted by Gasteiger charge is -2.44. The van der Waals surface area contributed by atoms with Crippen molar-refractivity contribution in [3.8, 4) is 0 Å². The normalized spacial score (nSPS) is 22.8. The van der Waals surface area contributed by atoms with E-state index in [9.17, 15) is 38.4 Å². The molecule has 2 saturated heterocycles. The summed E-state index contributed by atoms with van der Waals surface area (Å²) in [6, 6.07) is 18.1. The lowest BCUT2D eigenvalue weighted by molar-refractivity contribution is -0.270. The molecule has 0 unspecified atom stereocenters. The van der Waals surface area contributed by atoms with Crippen molar-refractivity contribution in [2.45, 2.75) is 133 Å². The van der Waals surface area contributed by atoms with Gasteiger partial charge in [0.2, 0.25) is 19.9 Å². The number of carbonyl (C=O) groups excluding carboxylic acids is 8. The Hall–Kier alpha value is -7.12. The average Bonchev–Trinajstić information content (AvgIpc) is 4.16. The molecule has 0 amide bonds. The number of benzene rings is 2. The van der Waals surface area contributed by atoms with Gasteiger partial charge in [0, 0.05) is 66.9 Å². The largest absolute Gasteiger partial charge is 0.463 e. The summed E-state index contributed by atoms with van der Waals surface area (Å²) in [5, 5.41) is 19.3. The molecule has 4 heterocycles. The van der Waals surface area contributed by atoms with Crippen LogP contribution in [0.5, 0.6) is 0 Å². The number of hydrogen-bond acceptors (Lipinski definition) is 26. The molecule has 2 aromatic heterocycles. The van der Waals surface area contributed by atoms with E-state index in [4.69, 9.17) is 82.0 Å². The Morgan fingerprint density at radius 3 is 1.13 bits per heavy atom. The third-order valence-corrected chi connectivity index (χ3v) is 13.6. The van der Waals surface area contributed by atoms with Gasteiger partial charge in [0.05, 0.1) is 12.4 Å². The zero-order chi connectivity index (χ0) is 57.5. The lowest BCUT2D eigenvalue weighted by Crippen LogP contribution is -2.60. The molecule has 10 atom stereocenters. The van der Waals surface area contributed by atoms with Crippen molar-refractivity contribution in [1.82, 2.24) is 28.9 Å². The molecule has 26 nitrogen and oxygen atoms in total. The second-order valence-electron chi connectivity index (χ2n) is 17.2. The lowest BCUT2D eigenvalue weighted by atomic mass is 9.97. The molecule has 424 valence electrons. The summed E-state index contributed by atoms with van der Waals surface area (Å²) in [6.45, 7) is 8.00. The molecule has 0 aliphatic carbocycles. The maximum Gasteiger partial charge on any atom is 0.303 e. The van der Waals surface area contributed by atoms with Crippen LogP contribution < -0.4 is 0 Å². The van der Waals surface area contributed by atoms with Gasteiger partial charge in [-0.1, -0.05) is 84.2 Å². The van der Waals surface area contributed by atoms with Gasteiger partial charge in [-0.25, -0.2) is 9.36 Å². The highest BCUT2D eigenvalue weighted by Crippen LogP contribution is 2.38. The highest BCUT2D eigenvalue weighted by molar-refractivity contribution is 8.00. The molecule has 0 bridgehead atoms. The molecule has 2 aromatic carbocycles. The highest BCUT2D eigenvalue weighted by atomic mass is 32.2. The maximum atomic E-state index is 12.7. The Bertz CT molecular complexity index is 2840. The predicted octanol–water partition coefficient (Wildman–Crippen LogP) is 4.69. The van der Waals surface area contributed by atoms with Crippen molar-refractivity contribution < 1.29 is 85.7 Å². The van der Waals surface area contributed by atoms with Gasteiger partial charge in [0.15, 0.2) is 49.1 Å².